The van der Waals surface area contributed by atoms with E-state index in [1.807, 2.05) is 13.8 Å². The third-order valence-corrected chi connectivity index (χ3v) is 3.34. The predicted octanol–water partition coefficient (Wildman–Crippen LogP) is 4.25. The fraction of sp³-hybridized carbons (Fsp3) is 0.550. The average molecular weight is 379 g/mol. The fourth-order valence-corrected chi connectivity index (χ4v) is 2.21. The van der Waals surface area contributed by atoms with E-state index in [4.69, 9.17) is 14.6 Å². The van der Waals surface area contributed by atoms with Gasteiger partial charge in [-0.15, -0.1) is 0 Å². The van der Waals surface area contributed by atoms with Crippen LogP contribution in [0.15, 0.2) is 18.2 Å². The van der Waals surface area contributed by atoms with Crippen molar-refractivity contribution in [2.75, 3.05) is 11.9 Å². The third kappa shape index (κ3) is 9.08. The van der Waals surface area contributed by atoms with Crippen molar-refractivity contribution in [2.45, 2.75) is 59.5 Å². The molecule has 1 rings (SSSR count). The number of nitrogens with one attached hydrogen (secondary N) is 1. The van der Waals surface area contributed by atoms with E-state index in [1.165, 1.54) is 0 Å². The average Bonchev–Trinajstić information content (AvgIpc) is 2.50. The van der Waals surface area contributed by atoms with Crippen LogP contribution in [0.25, 0.3) is 0 Å². The molecule has 0 bridgehead atoms. The molecule has 0 aromatic heterocycles. The molecule has 0 aliphatic carbocycles. The minimum Gasteiger partial charge on any atom is -0.481 e. The molecule has 0 saturated carbocycles. The Hall–Kier alpha value is -2.57. The number of hydrogen-bond donors (Lipinski definition) is 2. The van der Waals surface area contributed by atoms with E-state index < -0.39 is 23.6 Å². The summed E-state index contributed by atoms with van der Waals surface area (Å²) in [4.78, 5) is 35.2. The van der Waals surface area contributed by atoms with Gasteiger partial charge in [0.05, 0.1) is 17.9 Å². The molecule has 2 N–H and O–H groups in total. The quantitative estimate of drug-likeness (QED) is 0.655. The van der Waals surface area contributed by atoms with Crippen LogP contribution in [-0.2, 0) is 20.7 Å². The van der Waals surface area contributed by atoms with Gasteiger partial charge >= 0.3 is 18.0 Å². The van der Waals surface area contributed by atoms with E-state index in [0.29, 0.717) is 12.8 Å². The van der Waals surface area contributed by atoms with Gasteiger partial charge < -0.3 is 14.6 Å². The van der Waals surface area contributed by atoms with Gasteiger partial charge in [-0.2, -0.15) is 0 Å². The van der Waals surface area contributed by atoms with E-state index in [1.54, 1.807) is 39.0 Å². The second-order valence-electron chi connectivity index (χ2n) is 7.75. The third-order valence-electron chi connectivity index (χ3n) is 3.34. The monoisotopic (exact) mass is 379 g/mol. The lowest BCUT2D eigenvalue weighted by Crippen LogP contribution is -2.28. The van der Waals surface area contributed by atoms with Crippen LogP contribution in [0, 0.1) is 5.92 Å². The molecule has 150 valence electrons. The number of hydrogen-bond acceptors (Lipinski definition) is 5. The lowest BCUT2D eigenvalue weighted by atomic mass is 10.0. The summed E-state index contributed by atoms with van der Waals surface area (Å²) < 4.78 is 10.5. The zero-order chi connectivity index (χ0) is 20.6. The number of carbonyl (C=O) groups is 3. The van der Waals surface area contributed by atoms with Crippen LogP contribution in [0.4, 0.5) is 10.5 Å². The molecule has 0 radical (unpaired) electrons. The minimum absolute atomic E-state index is 0.0486. The second-order valence-corrected chi connectivity index (χ2v) is 7.75. The number of carbonyl (C=O) groups excluding carboxylic acids is 2. The number of rotatable bonds is 8. The first kappa shape index (κ1) is 22.5. The Morgan fingerprint density at radius 2 is 1.85 bits per heavy atom. The van der Waals surface area contributed by atoms with Gasteiger partial charge in [-0.3, -0.25) is 10.1 Å². The van der Waals surface area contributed by atoms with E-state index in [9.17, 15) is 14.4 Å². The largest absolute Gasteiger partial charge is 0.481 e. The van der Waals surface area contributed by atoms with Gasteiger partial charge in [-0.1, -0.05) is 19.9 Å². The Labute approximate surface area is 160 Å². The maximum atomic E-state index is 12.4. The van der Waals surface area contributed by atoms with Crippen LogP contribution in [0.3, 0.4) is 0 Å². The molecule has 0 unspecified atom stereocenters. The number of ether oxygens (including phenoxy) is 2. The molecular weight excluding hydrogens is 350 g/mol. The predicted molar refractivity (Wildman–Crippen MR) is 102 cm³/mol. The summed E-state index contributed by atoms with van der Waals surface area (Å²) in [5.74, 6) is -1.21. The van der Waals surface area contributed by atoms with Crippen molar-refractivity contribution in [3.8, 4) is 0 Å². The van der Waals surface area contributed by atoms with Gasteiger partial charge in [0.25, 0.3) is 0 Å². The maximum absolute atomic E-state index is 12.4. The summed E-state index contributed by atoms with van der Waals surface area (Å²) in [6.07, 6.45) is 0.338. The fourth-order valence-electron chi connectivity index (χ4n) is 2.21. The van der Waals surface area contributed by atoms with Crippen LogP contribution in [-0.4, -0.2) is 35.3 Å². The van der Waals surface area contributed by atoms with Gasteiger partial charge in [0.1, 0.15) is 5.60 Å². The Bertz CT molecular complexity index is 676. The highest BCUT2D eigenvalue weighted by atomic mass is 16.6. The van der Waals surface area contributed by atoms with Crippen molar-refractivity contribution >= 4 is 23.7 Å². The van der Waals surface area contributed by atoms with Crippen molar-refractivity contribution in [1.29, 1.82) is 0 Å². The van der Waals surface area contributed by atoms with E-state index in [-0.39, 0.29) is 30.2 Å². The molecule has 0 spiro atoms. The molecule has 1 aromatic carbocycles. The highest BCUT2D eigenvalue weighted by molar-refractivity contribution is 6.00. The highest BCUT2D eigenvalue weighted by Gasteiger charge is 2.20. The standard InChI is InChI=1S/C20H29NO6/c1-13(2)12-26-18(24)15-10-9-14(7-6-8-17(22)23)11-16(15)21-19(25)27-20(3,4)5/h9-11,13H,6-8,12H2,1-5H3,(H,21,25)(H,22,23). The first-order valence-electron chi connectivity index (χ1n) is 9.00. The molecule has 0 fully saturated rings. The van der Waals surface area contributed by atoms with Gasteiger partial charge in [-0.25, -0.2) is 9.59 Å². The molecule has 27 heavy (non-hydrogen) atoms. The smallest absolute Gasteiger partial charge is 0.412 e. The number of anilines is 1. The summed E-state index contributed by atoms with van der Waals surface area (Å²) in [6, 6.07) is 4.96. The second kappa shape index (κ2) is 9.94. The SMILES string of the molecule is CC(C)COC(=O)c1ccc(CCCC(=O)O)cc1NC(=O)OC(C)(C)C. The normalized spacial score (nSPS) is 11.2. The molecule has 7 nitrogen and oxygen atoms in total. The number of amides is 1. The first-order chi connectivity index (χ1) is 12.5. The molecule has 0 atom stereocenters. The summed E-state index contributed by atoms with van der Waals surface area (Å²) in [7, 11) is 0. The number of carboxylic acids is 1. The van der Waals surface area contributed by atoms with Crippen LogP contribution in [0.1, 0.15) is 63.4 Å². The van der Waals surface area contributed by atoms with Gasteiger partial charge in [0, 0.05) is 6.42 Å². The van der Waals surface area contributed by atoms with Crippen molar-refractivity contribution in [3.63, 3.8) is 0 Å². The topological polar surface area (TPSA) is 102 Å². The molecule has 1 aromatic rings. The van der Waals surface area contributed by atoms with Crippen LogP contribution >= 0.6 is 0 Å². The molecule has 1 amide bonds. The minimum atomic E-state index is -0.865. The van der Waals surface area contributed by atoms with Crippen LogP contribution in [0.2, 0.25) is 0 Å². The molecule has 7 heteroatoms. The molecular formula is C20H29NO6. The van der Waals surface area contributed by atoms with Crippen molar-refractivity contribution < 1.29 is 29.0 Å². The summed E-state index contributed by atoms with van der Waals surface area (Å²) in [6.45, 7) is 9.36. The Balaban J connectivity index is 3.00. The lowest BCUT2D eigenvalue weighted by molar-refractivity contribution is -0.137. The van der Waals surface area contributed by atoms with Gasteiger partial charge in [0.15, 0.2) is 0 Å². The molecule has 0 aliphatic rings. The highest BCUT2D eigenvalue weighted by Crippen LogP contribution is 2.22. The molecule has 0 saturated heterocycles. The zero-order valence-corrected chi connectivity index (χ0v) is 16.6. The van der Waals surface area contributed by atoms with E-state index in [2.05, 4.69) is 5.32 Å². The Kier molecular flexibility index (Phi) is 8.28. The van der Waals surface area contributed by atoms with Crippen LogP contribution in [0.5, 0.6) is 0 Å². The molecule has 0 aliphatic heterocycles. The van der Waals surface area contributed by atoms with E-state index in [0.717, 1.165) is 5.56 Å². The summed E-state index contributed by atoms with van der Waals surface area (Å²) in [5.41, 5.74) is 0.638. The Morgan fingerprint density at radius 1 is 1.19 bits per heavy atom. The summed E-state index contributed by atoms with van der Waals surface area (Å²) in [5, 5.41) is 11.4. The van der Waals surface area contributed by atoms with E-state index >= 15 is 0 Å². The van der Waals surface area contributed by atoms with Crippen LogP contribution < -0.4 is 5.32 Å². The van der Waals surface area contributed by atoms with Crippen molar-refractivity contribution in [2.24, 2.45) is 5.92 Å². The Morgan fingerprint density at radius 3 is 2.41 bits per heavy atom. The number of aliphatic carboxylic acids is 1. The van der Waals surface area contributed by atoms with Crippen molar-refractivity contribution in [3.05, 3.63) is 29.3 Å². The number of benzene rings is 1. The van der Waals surface area contributed by atoms with Gasteiger partial charge in [-0.05, 0) is 57.2 Å². The maximum Gasteiger partial charge on any atom is 0.412 e. The number of carboxylic acid groups (broad SMARTS) is 1. The zero-order valence-electron chi connectivity index (χ0n) is 16.6. The lowest BCUT2D eigenvalue weighted by Gasteiger charge is -2.20. The molecule has 0 heterocycles. The number of aryl methyl sites for hydroxylation is 1. The van der Waals surface area contributed by atoms with Crippen molar-refractivity contribution in [1.82, 2.24) is 0 Å². The first-order valence-corrected chi connectivity index (χ1v) is 9.00. The number of esters is 1. The van der Waals surface area contributed by atoms with Gasteiger partial charge in [0.2, 0.25) is 0 Å². The summed E-state index contributed by atoms with van der Waals surface area (Å²) >= 11 is 0.